The van der Waals surface area contributed by atoms with Crippen molar-refractivity contribution in [3.05, 3.63) is 81.9 Å². The van der Waals surface area contributed by atoms with Crippen LogP contribution in [0.3, 0.4) is 0 Å². The SMILES string of the molecule is COc1cc2c(cc1OC)[C@H](c1cc(OC)c(OC)c(OC)c1)[N@@+](C)(CCCC(CCCCC(=O)O)(CCC[N@@+]1(C)CCc3cc(OC)c(OC)cc3[C@H]1Cc1cc(OC)c(OC)c(OC)c1)C(=O)O)CC2. The summed E-state index contributed by atoms with van der Waals surface area (Å²) in [6, 6.07) is 16.0. The molecule has 4 aromatic rings. The van der Waals surface area contributed by atoms with Crippen LogP contribution in [0.5, 0.6) is 57.5 Å². The molecule has 0 radical (unpaired) electrons. The number of carbonyl (C=O) groups is 2. The molecule has 72 heavy (non-hydrogen) atoms. The molecule has 2 aliphatic heterocycles. The van der Waals surface area contributed by atoms with E-state index in [1.54, 1.807) is 71.1 Å². The number of likely N-dealkylation sites (N-methyl/N-ethyl adjacent to an activating group) is 2. The van der Waals surface area contributed by atoms with Gasteiger partial charge in [-0.25, -0.2) is 0 Å². The highest BCUT2D eigenvalue weighted by Crippen LogP contribution is 2.50. The molecule has 2 N–H and O–H groups in total. The monoisotopic (exact) mass is 1000 g/mol. The van der Waals surface area contributed by atoms with Gasteiger partial charge in [0.15, 0.2) is 46.0 Å². The van der Waals surface area contributed by atoms with Gasteiger partial charge in [0.1, 0.15) is 12.1 Å². The maximum absolute atomic E-state index is 14.0. The van der Waals surface area contributed by atoms with Crippen LogP contribution >= 0.6 is 0 Å². The van der Waals surface area contributed by atoms with Crippen LogP contribution in [-0.4, -0.2) is 142 Å². The number of quaternary nitrogens is 2. The van der Waals surface area contributed by atoms with Crippen molar-refractivity contribution >= 4 is 11.9 Å². The quantitative estimate of drug-likeness (QED) is 0.0429. The van der Waals surface area contributed by atoms with E-state index in [1.165, 1.54) is 5.56 Å². The van der Waals surface area contributed by atoms with Crippen molar-refractivity contribution in [2.24, 2.45) is 5.41 Å². The van der Waals surface area contributed by atoms with E-state index in [0.29, 0.717) is 131 Å². The Balaban J connectivity index is 1.34. The van der Waals surface area contributed by atoms with Gasteiger partial charge in [0.05, 0.1) is 117 Å². The Morgan fingerprint density at radius 2 is 0.931 bits per heavy atom. The number of carboxylic acids is 2. The number of aliphatic carboxylic acids is 2. The summed E-state index contributed by atoms with van der Waals surface area (Å²) >= 11 is 0. The highest BCUT2D eigenvalue weighted by molar-refractivity contribution is 5.74. The number of methoxy groups -OCH3 is 10. The molecule has 0 bridgehead atoms. The number of hydrogen-bond acceptors (Lipinski definition) is 12. The first-order valence-corrected chi connectivity index (χ1v) is 24.8. The second-order valence-electron chi connectivity index (χ2n) is 19.7. The standard InChI is InChI=1S/C56H76N2O14/c1-57(25-18-37-30-43(63-3)45(65-5)34-40(37)42(57)27-36-28-47(67-7)53(71-11)48(29-36)68-8)23-15-21-56(55(61)62,20-14-13-17-51(59)60)22-16-24-58(2)26-19-38-31-44(64-4)46(66-6)35-41(38)52(58)39-32-49(69-9)54(72-12)50(33-39)70-10/h28-35,42,52H,13-27H2,1-12H3/p+2/t42-,52+,56?,57+,58+/m1/s1. The topological polar surface area (TPSA) is 167 Å². The van der Waals surface area contributed by atoms with Crippen molar-refractivity contribution in [2.75, 3.05) is 111 Å². The zero-order chi connectivity index (χ0) is 52.4. The predicted molar refractivity (Wildman–Crippen MR) is 273 cm³/mol. The van der Waals surface area contributed by atoms with Gasteiger partial charge in [-0.05, 0) is 104 Å². The molecule has 1 unspecified atom stereocenters. The van der Waals surface area contributed by atoms with Crippen molar-refractivity contribution in [3.63, 3.8) is 0 Å². The number of rotatable bonds is 27. The Bertz CT molecular complexity index is 2480. The average molecular weight is 1000 g/mol. The van der Waals surface area contributed by atoms with E-state index in [2.05, 4.69) is 38.4 Å². The molecule has 0 spiro atoms. The summed E-state index contributed by atoms with van der Waals surface area (Å²) in [5.74, 6) is 4.08. The summed E-state index contributed by atoms with van der Waals surface area (Å²) in [6.45, 7) is 2.94. The molecule has 0 fully saturated rings. The summed E-state index contributed by atoms with van der Waals surface area (Å²) in [5, 5.41) is 21.0. The Kier molecular flexibility index (Phi) is 18.3. The smallest absolute Gasteiger partial charge is 0.309 e. The first kappa shape index (κ1) is 55.1. The number of benzene rings is 4. The summed E-state index contributed by atoms with van der Waals surface area (Å²) < 4.78 is 59.1. The number of ether oxygens (including phenoxy) is 10. The lowest BCUT2D eigenvalue weighted by Crippen LogP contribution is -2.53. The van der Waals surface area contributed by atoms with Crippen LogP contribution in [0.1, 0.15) is 96.8 Å². The lowest BCUT2D eigenvalue weighted by molar-refractivity contribution is -0.941. The first-order chi connectivity index (χ1) is 34.5. The second kappa shape index (κ2) is 24.0. The van der Waals surface area contributed by atoms with E-state index in [1.807, 2.05) is 24.3 Å². The largest absolute Gasteiger partial charge is 0.493 e. The molecule has 4 aromatic carbocycles. The third-order valence-electron chi connectivity index (χ3n) is 15.7. The number of nitrogens with zero attached hydrogens (tertiary/aromatic N) is 2. The van der Waals surface area contributed by atoms with Gasteiger partial charge in [0.25, 0.3) is 0 Å². The number of unbranched alkanes of at least 4 members (excludes halogenated alkanes) is 1. The van der Waals surface area contributed by atoms with Gasteiger partial charge in [-0.1, -0.05) is 6.42 Å². The van der Waals surface area contributed by atoms with Crippen molar-refractivity contribution < 1.29 is 76.1 Å². The van der Waals surface area contributed by atoms with E-state index in [-0.39, 0.29) is 18.5 Å². The van der Waals surface area contributed by atoms with Gasteiger partial charge in [0, 0.05) is 42.4 Å². The molecule has 0 saturated heterocycles. The Labute approximate surface area is 425 Å². The zero-order valence-corrected chi connectivity index (χ0v) is 44.6. The molecule has 5 atom stereocenters. The molecule has 0 aromatic heterocycles. The molecular weight excluding hydrogens is 925 g/mol. The molecule has 16 nitrogen and oxygen atoms in total. The van der Waals surface area contributed by atoms with Crippen LogP contribution in [0.4, 0.5) is 0 Å². The number of hydrogen-bond donors (Lipinski definition) is 2. The molecule has 16 heteroatoms. The normalized spacial score (nSPS) is 19.9. The highest BCUT2D eigenvalue weighted by atomic mass is 16.5. The maximum atomic E-state index is 14.0. The van der Waals surface area contributed by atoms with Gasteiger partial charge in [-0.3, -0.25) is 9.59 Å². The maximum Gasteiger partial charge on any atom is 0.309 e. The third kappa shape index (κ3) is 11.5. The lowest BCUT2D eigenvalue weighted by atomic mass is 9.74. The summed E-state index contributed by atoms with van der Waals surface area (Å²) in [5.41, 5.74) is 5.39. The predicted octanol–water partition coefficient (Wildman–Crippen LogP) is 9.13. The molecule has 2 aliphatic rings. The fraction of sp³-hybridized carbons (Fsp3) is 0.536. The van der Waals surface area contributed by atoms with E-state index in [9.17, 15) is 19.8 Å². The molecular formula is C56H78N2O14+2. The molecule has 6 rings (SSSR count). The minimum atomic E-state index is -1.10. The summed E-state index contributed by atoms with van der Waals surface area (Å²) in [7, 11) is 20.7. The van der Waals surface area contributed by atoms with Gasteiger partial charge >= 0.3 is 11.9 Å². The fourth-order valence-corrected chi connectivity index (χ4v) is 11.7. The van der Waals surface area contributed by atoms with Gasteiger partial charge in [-0.2, -0.15) is 0 Å². The second-order valence-corrected chi connectivity index (χ2v) is 19.7. The van der Waals surface area contributed by atoms with E-state index in [0.717, 1.165) is 53.7 Å². The van der Waals surface area contributed by atoms with Gasteiger partial charge < -0.3 is 66.5 Å². The summed E-state index contributed by atoms with van der Waals surface area (Å²) in [6.07, 6.45) is 5.51. The van der Waals surface area contributed by atoms with E-state index >= 15 is 0 Å². The first-order valence-electron chi connectivity index (χ1n) is 24.8. The Morgan fingerprint density at radius 3 is 1.39 bits per heavy atom. The van der Waals surface area contributed by atoms with Crippen LogP contribution < -0.4 is 47.4 Å². The minimum absolute atomic E-state index is 0.0139. The van der Waals surface area contributed by atoms with Crippen molar-refractivity contribution in [3.8, 4) is 57.5 Å². The fourth-order valence-electron chi connectivity index (χ4n) is 11.7. The van der Waals surface area contributed by atoms with Crippen molar-refractivity contribution in [2.45, 2.75) is 82.7 Å². The molecule has 2 heterocycles. The molecule has 0 aliphatic carbocycles. The zero-order valence-electron chi connectivity index (χ0n) is 44.6. The molecule has 0 amide bonds. The number of carboxylic acid groups (broad SMARTS) is 2. The number of fused-ring (bicyclic) bond motifs is 2. The van der Waals surface area contributed by atoms with Gasteiger partial charge in [-0.15, -0.1) is 0 Å². The lowest BCUT2D eigenvalue weighted by Gasteiger charge is -2.47. The minimum Gasteiger partial charge on any atom is -0.493 e. The van der Waals surface area contributed by atoms with Crippen LogP contribution in [0.25, 0.3) is 0 Å². The van der Waals surface area contributed by atoms with E-state index < -0.39 is 17.4 Å². The van der Waals surface area contributed by atoms with Crippen LogP contribution in [-0.2, 0) is 28.9 Å². The van der Waals surface area contributed by atoms with Crippen LogP contribution in [0.2, 0.25) is 0 Å². The Morgan fingerprint density at radius 1 is 0.514 bits per heavy atom. The van der Waals surface area contributed by atoms with E-state index in [4.69, 9.17) is 47.4 Å². The van der Waals surface area contributed by atoms with Gasteiger partial charge in [0.2, 0.25) is 11.5 Å². The molecule has 394 valence electrons. The van der Waals surface area contributed by atoms with Crippen LogP contribution in [0, 0.1) is 5.41 Å². The highest BCUT2D eigenvalue weighted by Gasteiger charge is 2.45. The van der Waals surface area contributed by atoms with Crippen LogP contribution in [0.15, 0.2) is 48.5 Å². The Hall–Kier alpha value is -6.26. The summed E-state index contributed by atoms with van der Waals surface area (Å²) in [4.78, 5) is 25.7. The average Bonchev–Trinajstić information content (AvgIpc) is 3.38. The third-order valence-corrected chi connectivity index (χ3v) is 15.7. The van der Waals surface area contributed by atoms with Crippen molar-refractivity contribution in [1.29, 1.82) is 0 Å². The molecule has 0 saturated carbocycles. The van der Waals surface area contributed by atoms with Crippen molar-refractivity contribution in [1.82, 2.24) is 0 Å².